The van der Waals surface area contributed by atoms with Crippen molar-refractivity contribution in [2.24, 2.45) is 7.05 Å². The molecule has 0 aliphatic rings. The smallest absolute Gasteiger partial charge is 0.102 e. The fourth-order valence-corrected chi connectivity index (χ4v) is 2.46. The van der Waals surface area contributed by atoms with Gasteiger partial charge in [0.15, 0.2) is 0 Å². The van der Waals surface area contributed by atoms with Gasteiger partial charge in [-0.15, -0.1) is 6.58 Å². The molecule has 0 aliphatic carbocycles. The third kappa shape index (κ3) is 2.36. The Kier molecular flexibility index (Phi) is 3.47. The molecule has 2 aromatic rings. The molecule has 0 aliphatic heterocycles. The molecule has 0 spiro atoms. The maximum atomic E-state index is 4.28. The normalized spacial score (nSPS) is 10.3. The Labute approximate surface area is 100.0 Å². The van der Waals surface area contributed by atoms with E-state index < -0.39 is 0 Å². The zero-order valence-corrected chi connectivity index (χ0v) is 10.1. The largest absolute Gasteiger partial charge is 0.261 e. The van der Waals surface area contributed by atoms with E-state index in [9.17, 15) is 0 Å². The fraction of sp³-hybridized carbons (Fsp3) is 0.154. The number of hydrogen-bond donors (Lipinski definition) is 0. The first kappa shape index (κ1) is 11.0. The predicted molar refractivity (Wildman–Crippen MR) is 67.7 cm³/mol. The van der Waals surface area contributed by atoms with Crippen LogP contribution >= 0.6 is 11.8 Å². The first-order valence-electron chi connectivity index (χ1n) is 5.16. The quantitative estimate of drug-likeness (QED) is 0.750. The Balaban J connectivity index is 2.26. The number of nitrogens with zero attached hydrogens (tertiary/aromatic N) is 2. The SMILES string of the molecule is C=CCc1cnn(C)c1Sc1ccccc1. The lowest BCUT2D eigenvalue weighted by molar-refractivity contribution is 0.695. The van der Waals surface area contributed by atoms with Gasteiger partial charge in [0.1, 0.15) is 5.03 Å². The van der Waals surface area contributed by atoms with Crippen LogP contribution in [0.25, 0.3) is 0 Å². The maximum Gasteiger partial charge on any atom is 0.102 e. The summed E-state index contributed by atoms with van der Waals surface area (Å²) in [7, 11) is 1.97. The second-order valence-electron chi connectivity index (χ2n) is 3.51. The van der Waals surface area contributed by atoms with Crippen LogP contribution in [0.2, 0.25) is 0 Å². The van der Waals surface area contributed by atoms with Crippen LogP contribution in [0.3, 0.4) is 0 Å². The molecule has 1 aromatic heterocycles. The summed E-state index contributed by atoms with van der Waals surface area (Å²) in [6.07, 6.45) is 4.68. The summed E-state index contributed by atoms with van der Waals surface area (Å²) in [6, 6.07) is 10.3. The highest BCUT2D eigenvalue weighted by molar-refractivity contribution is 7.99. The number of rotatable bonds is 4. The van der Waals surface area contributed by atoms with Crippen molar-refractivity contribution in [2.45, 2.75) is 16.3 Å². The third-order valence-corrected chi connectivity index (χ3v) is 3.51. The van der Waals surface area contributed by atoms with Gasteiger partial charge in [-0.3, -0.25) is 4.68 Å². The number of aryl methyl sites for hydroxylation is 1. The van der Waals surface area contributed by atoms with Gasteiger partial charge in [0, 0.05) is 17.5 Å². The number of hydrogen-bond acceptors (Lipinski definition) is 2. The molecule has 1 heterocycles. The molecule has 0 saturated carbocycles. The van der Waals surface area contributed by atoms with Crippen LogP contribution in [0.1, 0.15) is 5.56 Å². The highest BCUT2D eigenvalue weighted by Crippen LogP contribution is 2.29. The summed E-state index contributed by atoms with van der Waals surface area (Å²) >= 11 is 1.74. The molecular formula is C13H14N2S. The van der Waals surface area contributed by atoms with Gasteiger partial charge in [0.2, 0.25) is 0 Å². The van der Waals surface area contributed by atoms with Gasteiger partial charge in [-0.25, -0.2) is 0 Å². The van der Waals surface area contributed by atoms with E-state index in [4.69, 9.17) is 0 Å². The lowest BCUT2D eigenvalue weighted by Gasteiger charge is -2.04. The molecular weight excluding hydrogens is 216 g/mol. The maximum absolute atomic E-state index is 4.28. The number of allylic oxidation sites excluding steroid dienone is 1. The molecule has 0 radical (unpaired) electrons. The van der Waals surface area contributed by atoms with Crippen molar-refractivity contribution >= 4 is 11.8 Å². The molecule has 0 fully saturated rings. The minimum absolute atomic E-state index is 0.864. The molecule has 16 heavy (non-hydrogen) atoms. The summed E-state index contributed by atoms with van der Waals surface area (Å²) in [6.45, 7) is 3.77. The van der Waals surface area contributed by atoms with Gasteiger partial charge in [0.25, 0.3) is 0 Å². The van der Waals surface area contributed by atoms with Gasteiger partial charge < -0.3 is 0 Å². The van der Waals surface area contributed by atoms with E-state index in [1.807, 2.05) is 42.2 Å². The number of benzene rings is 1. The molecule has 0 saturated heterocycles. The highest BCUT2D eigenvalue weighted by atomic mass is 32.2. The standard InChI is InChI=1S/C13H14N2S/c1-3-7-11-10-14-15(2)13(11)16-12-8-5-4-6-9-12/h3-6,8-10H,1,7H2,2H3. The first-order valence-corrected chi connectivity index (χ1v) is 5.97. The highest BCUT2D eigenvalue weighted by Gasteiger charge is 2.08. The molecule has 2 nitrogen and oxygen atoms in total. The second kappa shape index (κ2) is 5.03. The van der Waals surface area contributed by atoms with Crippen molar-refractivity contribution in [3.63, 3.8) is 0 Å². The summed E-state index contributed by atoms with van der Waals surface area (Å²) in [5, 5.41) is 5.47. The van der Waals surface area contributed by atoms with Crippen LogP contribution in [0.4, 0.5) is 0 Å². The monoisotopic (exact) mass is 230 g/mol. The average molecular weight is 230 g/mol. The minimum Gasteiger partial charge on any atom is -0.261 e. The molecule has 0 amide bonds. The molecule has 3 heteroatoms. The van der Waals surface area contributed by atoms with Crippen molar-refractivity contribution in [1.82, 2.24) is 9.78 Å². The zero-order chi connectivity index (χ0) is 11.4. The lowest BCUT2D eigenvalue weighted by atomic mass is 10.2. The van der Waals surface area contributed by atoms with Gasteiger partial charge in [-0.1, -0.05) is 36.0 Å². The van der Waals surface area contributed by atoms with Crippen LogP contribution in [0, 0.1) is 0 Å². The van der Waals surface area contributed by atoms with Crippen LogP contribution < -0.4 is 0 Å². The van der Waals surface area contributed by atoms with Crippen LogP contribution in [0.5, 0.6) is 0 Å². The Morgan fingerprint density at radius 1 is 1.38 bits per heavy atom. The van der Waals surface area contributed by atoms with E-state index in [2.05, 4.69) is 23.8 Å². The van der Waals surface area contributed by atoms with Crippen molar-refractivity contribution in [1.29, 1.82) is 0 Å². The minimum atomic E-state index is 0.864. The number of aromatic nitrogens is 2. The van der Waals surface area contributed by atoms with Crippen LogP contribution in [0.15, 0.2) is 59.1 Å². The summed E-state index contributed by atoms with van der Waals surface area (Å²) in [5.74, 6) is 0. The Morgan fingerprint density at radius 3 is 2.81 bits per heavy atom. The van der Waals surface area contributed by atoms with E-state index in [-0.39, 0.29) is 0 Å². The summed E-state index contributed by atoms with van der Waals surface area (Å²) < 4.78 is 1.91. The van der Waals surface area contributed by atoms with Gasteiger partial charge in [0.05, 0.1) is 6.20 Å². The van der Waals surface area contributed by atoms with E-state index in [0.29, 0.717) is 0 Å². The van der Waals surface area contributed by atoms with Crippen molar-refractivity contribution in [3.8, 4) is 0 Å². The van der Waals surface area contributed by atoms with Crippen LogP contribution in [-0.4, -0.2) is 9.78 Å². The Hall–Kier alpha value is -1.48. The zero-order valence-electron chi connectivity index (χ0n) is 9.26. The van der Waals surface area contributed by atoms with E-state index in [1.165, 1.54) is 15.5 Å². The molecule has 0 atom stereocenters. The van der Waals surface area contributed by atoms with Crippen molar-refractivity contribution in [3.05, 3.63) is 54.7 Å². The summed E-state index contributed by atoms with van der Waals surface area (Å²) in [4.78, 5) is 1.23. The topological polar surface area (TPSA) is 17.8 Å². The summed E-state index contributed by atoms with van der Waals surface area (Å²) in [5.41, 5.74) is 1.23. The molecule has 0 unspecified atom stereocenters. The third-order valence-electron chi connectivity index (χ3n) is 2.28. The fourth-order valence-electron chi connectivity index (χ4n) is 1.50. The average Bonchev–Trinajstić information content (AvgIpc) is 2.64. The van der Waals surface area contributed by atoms with Crippen LogP contribution in [-0.2, 0) is 13.5 Å². The molecule has 1 aromatic carbocycles. The Morgan fingerprint density at radius 2 is 2.12 bits per heavy atom. The first-order chi connectivity index (χ1) is 7.81. The molecule has 2 rings (SSSR count). The second-order valence-corrected chi connectivity index (χ2v) is 4.57. The van der Waals surface area contributed by atoms with Gasteiger partial charge in [-0.05, 0) is 18.6 Å². The van der Waals surface area contributed by atoms with Crippen molar-refractivity contribution in [2.75, 3.05) is 0 Å². The molecule has 0 N–H and O–H groups in total. The van der Waals surface area contributed by atoms with Gasteiger partial charge in [-0.2, -0.15) is 5.10 Å². The van der Waals surface area contributed by atoms with Gasteiger partial charge >= 0.3 is 0 Å². The predicted octanol–water partition coefficient (Wildman–Crippen LogP) is 3.30. The lowest BCUT2D eigenvalue weighted by Crippen LogP contribution is -1.93. The van der Waals surface area contributed by atoms with E-state index in [1.54, 1.807) is 11.8 Å². The Bertz CT molecular complexity index is 474. The van der Waals surface area contributed by atoms with E-state index in [0.717, 1.165) is 6.42 Å². The molecule has 0 bridgehead atoms. The van der Waals surface area contributed by atoms with Crippen molar-refractivity contribution < 1.29 is 0 Å². The van der Waals surface area contributed by atoms with E-state index >= 15 is 0 Å². The molecule has 82 valence electrons.